The van der Waals surface area contributed by atoms with E-state index in [0.717, 1.165) is 13.1 Å². The molecule has 0 aliphatic carbocycles. The predicted molar refractivity (Wildman–Crippen MR) is 64.4 cm³/mol. The third-order valence-corrected chi connectivity index (χ3v) is 2.94. The molecule has 1 unspecified atom stereocenters. The maximum atomic E-state index is 11.9. The smallest absolute Gasteiger partial charge is 0.410 e. The van der Waals surface area contributed by atoms with E-state index in [0.29, 0.717) is 6.04 Å². The van der Waals surface area contributed by atoms with Gasteiger partial charge in [-0.15, -0.1) is 0 Å². The highest BCUT2D eigenvalue weighted by Gasteiger charge is 2.41. The van der Waals surface area contributed by atoms with Crippen molar-refractivity contribution in [2.75, 3.05) is 20.1 Å². The van der Waals surface area contributed by atoms with Crippen LogP contribution in [0, 0.1) is 5.41 Å². The third-order valence-electron chi connectivity index (χ3n) is 2.94. The van der Waals surface area contributed by atoms with Gasteiger partial charge in [-0.05, 0) is 33.2 Å². The second kappa shape index (κ2) is 4.24. The van der Waals surface area contributed by atoms with Crippen LogP contribution < -0.4 is 5.32 Å². The quantitative estimate of drug-likeness (QED) is 0.744. The summed E-state index contributed by atoms with van der Waals surface area (Å²) < 4.78 is 5.37. The first kappa shape index (κ1) is 13.3. The number of rotatable bonds is 1. The number of nitrogens with one attached hydrogen (secondary N) is 1. The molecule has 1 aliphatic rings. The fourth-order valence-corrected chi connectivity index (χ4v) is 2.08. The van der Waals surface area contributed by atoms with Crippen LogP contribution in [-0.4, -0.2) is 42.8 Å². The summed E-state index contributed by atoms with van der Waals surface area (Å²) in [6.45, 7) is 11.5. The number of hydrogen-bond donors (Lipinski definition) is 1. The van der Waals surface area contributed by atoms with E-state index in [1.165, 1.54) is 0 Å². The Morgan fingerprint density at radius 3 is 2.38 bits per heavy atom. The van der Waals surface area contributed by atoms with E-state index >= 15 is 0 Å². The minimum absolute atomic E-state index is 0.103. The number of likely N-dealkylation sites (tertiary alicyclic amines) is 1. The van der Waals surface area contributed by atoms with Crippen LogP contribution in [0.2, 0.25) is 0 Å². The average molecular weight is 228 g/mol. The van der Waals surface area contributed by atoms with E-state index in [2.05, 4.69) is 19.2 Å². The van der Waals surface area contributed by atoms with Crippen molar-refractivity contribution in [2.24, 2.45) is 5.41 Å². The van der Waals surface area contributed by atoms with Crippen LogP contribution in [-0.2, 0) is 4.74 Å². The van der Waals surface area contributed by atoms with Crippen LogP contribution in [0.1, 0.15) is 34.6 Å². The highest BCUT2D eigenvalue weighted by Crippen LogP contribution is 2.30. The first-order valence-electron chi connectivity index (χ1n) is 5.81. The summed E-state index contributed by atoms with van der Waals surface area (Å²) >= 11 is 0. The van der Waals surface area contributed by atoms with Gasteiger partial charge in [-0.3, -0.25) is 0 Å². The van der Waals surface area contributed by atoms with Gasteiger partial charge in [0.1, 0.15) is 5.60 Å². The molecule has 1 heterocycles. The number of carbonyl (C=O) groups is 1. The Balaban J connectivity index is 2.62. The maximum Gasteiger partial charge on any atom is 0.410 e. The highest BCUT2D eigenvalue weighted by atomic mass is 16.6. The predicted octanol–water partition coefficient (Wildman–Crippen LogP) is 1.85. The zero-order valence-corrected chi connectivity index (χ0v) is 11.3. The van der Waals surface area contributed by atoms with E-state index in [1.54, 1.807) is 4.90 Å². The minimum Gasteiger partial charge on any atom is -0.444 e. The first-order valence-corrected chi connectivity index (χ1v) is 5.81. The van der Waals surface area contributed by atoms with Gasteiger partial charge < -0.3 is 15.0 Å². The van der Waals surface area contributed by atoms with Crippen LogP contribution in [0.3, 0.4) is 0 Å². The molecule has 0 aromatic heterocycles. The molecule has 4 heteroatoms. The summed E-state index contributed by atoms with van der Waals surface area (Å²) in [5, 5.41) is 3.25. The van der Waals surface area contributed by atoms with Crippen molar-refractivity contribution in [3.63, 3.8) is 0 Å². The van der Waals surface area contributed by atoms with E-state index in [9.17, 15) is 4.79 Å². The van der Waals surface area contributed by atoms with Crippen LogP contribution in [0.25, 0.3) is 0 Å². The molecule has 1 rings (SSSR count). The average Bonchev–Trinajstić information content (AvgIpc) is 2.37. The number of hydrogen-bond acceptors (Lipinski definition) is 3. The Morgan fingerprint density at radius 2 is 2.00 bits per heavy atom. The molecular weight excluding hydrogens is 204 g/mol. The topological polar surface area (TPSA) is 41.6 Å². The Labute approximate surface area is 98.3 Å². The molecule has 1 fully saturated rings. The summed E-state index contributed by atoms with van der Waals surface area (Å²) in [6.07, 6.45) is -0.210. The summed E-state index contributed by atoms with van der Waals surface area (Å²) in [5.74, 6) is 0. The van der Waals surface area contributed by atoms with Gasteiger partial charge >= 0.3 is 6.09 Å². The zero-order valence-electron chi connectivity index (χ0n) is 11.3. The molecule has 1 N–H and O–H groups in total. The Morgan fingerprint density at radius 1 is 1.44 bits per heavy atom. The molecule has 0 saturated carbocycles. The monoisotopic (exact) mass is 228 g/mol. The lowest BCUT2D eigenvalue weighted by Gasteiger charge is -2.25. The Kier molecular flexibility index (Phi) is 3.53. The van der Waals surface area contributed by atoms with Crippen molar-refractivity contribution in [1.82, 2.24) is 10.2 Å². The van der Waals surface area contributed by atoms with Crippen molar-refractivity contribution in [3.05, 3.63) is 0 Å². The van der Waals surface area contributed by atoms with Crippen LogP contribution in [0.4, 0.5) is 4.79 Å². The first-order chi connectivity index (χ1) is 7.15. The molecule has 1 atom stereocenters. The molecule has 94 valence electrons. The van der Waals surface area contributed by atoms with Crippen LogP contribution in [0.15, 0.2) is 0 Å². The fourth-order valence-electron chi connectivity index (χ4n) is 2.08. The van der Waals surface area contributed by atoms with E-state index < -0.39 is 5.60 Å². The lowest BCUT2D eigenvalue weighted by molar-refractivity contribution is 0.0277. The van der Waals surface area contributed by atoms with Crippen LogP contribution >= 0.6 is 0 Å². The molecule has 0 aromatic carbocycles. The van der Waals surface area contributed by atoms with Gasteiger partial charge in [-0.1, -0.05) is 13.8 Å². The molecule has 16 heavy (non-hydrogen) atoms. The second-order valence-electron chi connectivity index (χ2n) is 6.19. The van der Waals surface area contributed by atoms with Crippen molar-refractivity contribution in [2.45, 2.75) is 46.3 Å². The fraction of sp³-hybridized carbons (Fsp3) is 0.917. The lowest BCUT2D eigenvalue weighted by atomic mass is 9.88. The maximum absolute atomic E-state index is 11.9. The second-order valence-corrected chi connectivity index (χ2v) is 6.19. The minimum atomic E-state index is -0.418. The molecule has 0 bridgehead atoms. The molecule has 0 aromatic rings. The van der Waals surface area contributed by atoms with Crippen molar-refractivity contribution >= 4 is 6.09 Å². The van der Waals surface area contributed by atoms with Crippen LogP contribution in [0.5, 0.6) is 0 Å². The van der Waals surface area contributed by atoms with E-state index in [4.69, 9.17) is 4.74 Å². The van der Waals surface area contributed by atoms with Crippen molar-refractivity contribution < 1.29 is 9.53 Å². The van der Waals surface area contributed by atoms with Crippen molar-refractivity contribution in [1.29, 1.82) is 0 Å². The lowest BCUT2D eigenvalue weighted by Crippen LogP contribution is -2.39. The SMILES string of the molecule is CNC1CN(C(=O)OC(C)(C)C)CC1(C)C. The van der Waals surface area contributed by atoms with Gasteiger partial charge in [0.05, 0.1) is 0 Å². The highest BCUT2D eigenvalue weighted by molar-refractivity contribution is 5.68. The summed E-state index contributed by atoms with van der Waals surface area (Å²) in [5.41, 5.74) is -0.315. The molecule has 0 radical (unpaired) electrons. The number of carbonyl (C=O) groups excluding carboxylic acids is 1. The van der Waals surface area contributed by atoms with Gasteiger partial charge in [0, 0.05) is 19.1 Å². The van der Waals surface area contributed by atoms with Gasteiger partial charge in [0.25, 0.3) is 0 Å². The molecular formula is C12H24N2O2. The number of nitrogens with zero attached hydrogens (tertiary/aromatic N) is 1. The molecule has 1 saturated heterocycles. The third kappa shape index (κ3) is 3.11. The van der Waals surface area contributed by atoms with E-state index in [1.807, 2.05) is 27.8 Å². The number of ether oxygens (including phenoxy) is 1. The molecule has 1 amide bonds. The number of amides is 1. The van der Waals surface area contributed by atoms with Crippen molar-refractivity contribution in [3.8, 4) is 0 Å². The molecule has 4 nitrogen and oxygen atoms in total. The summed E-state index contributed by atoms with van der Waals surface area (Å²) in [4.78, 5) is 13.7. The van der Waals surface area contributed by atoms with Gasteiger partial charge in [0.15, 0.2) is 0 Å². The largest absolute Gasteiger partial charge is 0.444 e. The van der Waals surface area contributed by atoms with Gasteiger partial charge in [-0.2, -0.15) is 0 Å². The molecule has 1 aliphatic heterocycles. The standard InChI is InChI=1S/C12H24N2O2/c1-11(2,3)16-10(15)14-7-9(13-6)12(4,5)8-14/h9,13H,7-8H2,1-6H3. The Hall–Kier alpha value is -0.770. The summed E-state index contributed by atoms with van der Waals surface area (Å²) in [6, 6.07) is 0.333. The van der Waals surface area contributed by atoms with Gasteiger partial charge in [-0.25, -0.2) is 4.79 Å². The van der Waals surface area contributed by atoms with Gasteiger partial charge in [0.2, 0.25) is 0 Å². The normalized spacial score (nSPS) is 24.6. The molecule has 0 spiro atoms. The van der Waals surface area contributed by atoms with E-state index in [-0.39, 0.29) is 11.5 Å². The zero-order chi connectivity index (χ0) is 12.6. The summed E-state index contributed by atoms with van der Waals surface area (Å²) in [7, 11) is 1.94. The Bertz CT molecular complexity index is 269. The number of likely N-dealkylation sites (N-methyl/N-ethyl adjacent to an activating group) is 1.